The van der Waals surface area contributed by atoms with Crippen molar-refractivity contribution < 1.29 is 13.5 Å². The predicted octanol–water partition coefficient (Wildman–Crippen LogP) is 3.79. The fourth-order valence-electron chi connectivity index (χ4n) is 2.44. The lowest BCUT2D eigenvalue weighted by Gasteiger charge is -2.25. The van der Waals surface area contributed by atoms with Gasteiger partial charge in [-0.15, -0.1) is 0 Å². The number of phenolic OH excluding ortho intramolecular Hbond substituents is 1. The van der Waals surface area contributed by atoms with Gasteiger partial charge in [-0.2, -0.15) is 0 Å². The third-order valence-electron chi connectivity index (χ3n) is 3.65. The summed E-state index contributed by atoms with van der Waals surface area (Å²) in [6, 6.07) is 24.0. The molecule has 24 heavy (non-hydrogen) atoms. The largest absolute Gasteiger partial charge is 0.506 e. The molecule has 0 heterocycles. The van der Waals surface area contributed by atoms with Crippen LogP contribution in [0.3, 0.4) is 0 Å². The molecule has 0 fully saturated rings. The molecule has 3 aromatic rings. The van der Waals surface area contributed by atoms with Crippen LogP contribution < -0.4 is 4.31 Å². The number of anilines is 1. The minimum Gasteiger partial charge on any atom is -0.506 e. The summed E-state index contributed by atoms with van der Waals surface area (Å²) >= 11 is 0. The summed E-state index contributed by atoms with van der Waals surface area (Å²) in [5, 5.41) is 10.2. The van der Waals surface area contributed by atoms with Gasteiger partial charge in [0, 0.05) is 0 Å². The highest BCUT2D eigenvalue weighted by atomic mass is 32.2. The summed E-state index contributed by atoms with van der Waals surface area (Å²) in [6.45, 7) is 0.135. The lowest BCUT2D eigenvalue weighted by atomic mass is 10.2. The third-order valence-corrected chi connectivity index (χ3v) is 5.42. The van der Waals surface area contributed by atoms with Crippen LogP contribution in [0.25, 0.3) is 0 Å². The van der Waals surface area contributed by atoms with E-state index in [1.54, 1.807) is 48.5 Å². The summed E-state index contributed by atoms with van der Waals surface area (Å²) in [5.41, 5.74) is 1.09. The van der Waals surface area contributed by atoms with Crippen molar-refractivity contribution in [3.63, 3.8) is 0 Å². The van der Waals surface area contributed by atoms with Gasteiger partial charge in [-0.25, -0.2) is 8.42 Å². The molecule has 0 aromatic heterocycles. The molecule has 0 unspecified atom stereocenters. The van der Waals surface area contributed by atoms with Crippen LogP contribution in [0.5, 0.6) is 5.75 Å². The molecule has 0 saturated carbocycles. The summed E-state index contributed by atoms with van der Waals surface area (Å²) in [5.74, 6) is -0.0760. The molecule has 0 aliphatic heterocycles. The number of phenols is 1. The number of sulfonamides is 1. The van der Waals surface area contributed by atoms with E-state index in [4.69, 9.17) is 0 Å². The zero-order valence-electron chi connectivity index (χ0n) is 12.9. The first-order valence-electron chi connectivity index (χ1n) is 7.49. The molecular weight excluding hydrogens is 322 g/mol. The van der Waals surface area contributed by atoms with Gasteiger partial charge in [-0.3, -0.25) is 4.31 Å². The Hall–Kier alpha value is -2.79. The quantitative estimate of drug-likeness (QED) is 0.769. The van der Waals surface area contributed by atoms with E-state index in [0.717, 1.165) is 5.56 Å². The van der Waals surface area contributed by atoms with Gasteiger partial charge in [0.1, 0.15) is 5.75 Å². The van der Waals surface area contributed by atoms with Gasteiger partial charge in [0.15, 0.2) is 0 Å². The van der Waals surface area contributed by atoms with Gasteiger partial charge in [-0.1, -0.05) is 60.7 Å². The van der Waals surface area contributed by atoms with Gasteiger partial charge in [0.2, 0.25) is 0 Å². The van der Waals surface area contributed by atoms with E-state index in [1.165, 1.54) is 10.4 Å². The lowest BCUT2D eigenvalue weighted by molar-refractivity contribution is 0.475. The molecule has 4 nitrogen and oxygen atoms in total. The molecule has 0 bridgehead atoms. The second-order valence-corrected chi connectivity index (χ2v) is 7.16. The summed E-state index contributed by atoms with van der Waals surface area (Å²) in [4.78, 5) is 0.184. The molecule has 122 valence electrons. The maximum Gasteiger partial charge on any atom is 0.264 e. The standard InChI is InChI=1S/C19H17NO3S/c21-19-14-8-7-13-18(19)20(15-16-9-3-1-4-10-16)24(22,23)17-11-5-2-6-12-17/h1-14,21H,15H2. The van der Waals surface area contributed by atoms with Gasteiger partial charge in [-0.05, 0) is 29.8 Å². The molecule has 0 aliphatic rings. The van der Waals surface area contributed by atoms with Gasteiger partial charge in [0.25, 0.3) is 10.0 Å². The smallest absolute Gasteiger partial charge is 0.264 e. The van der Waals surface area contributed by atoms with Gasteiger partial charge < -0.3 is 5.11 Å². The van der Waals surface area contributed by atoms with Crippen molar-refractivity contribution in [2.75, 3.05) is 4.31 Å². The van der Waals surface area contributed by atoms with Gasteiger partial charge in [0.05, 0.1) is 17.1 Å². The van der Waals surface area contributed by atoms with Crippen LogP contribution in [0.1, 0.15) is 5.56 Å². The van der Waals surface area contributed by atoms with E-state index in [9.17, 15) is 13.5 Å². The molecule has 5 heteroatoms. The maximum atomic E-state index is 13.1. The number of rotatable bonds is 5. The molecule has 0 aliphatic carbocycles. The summed E-state index contributed by atoms with van der Waals surface area (Å²) < 4.78 is 27.4. The highest BCUT2D eigenvalue weighted by Gasteiger charge is 2.26. The zero-order chi connectivity index (χ0) is 17.0. The van der Waals surface area contributed by atoms with E-state index >= 15 is 0 Å². The number of para-hydroxylation sites is 2. The lowest BCUT2D eigenvalue weighted by Crippen LogP contribution is -2.30. The topological polar surface area (TPSA) is 57.6 Å². The van der Waals surface area contributed by atoms with Crippen LogP contribution in [0.2, 0.25) is 0 Å². The van der Waals surface area contributed by atoms with E-state index < -0.39 is 10.0 Å². The second-order valence-electron chi connectivity index (χ2n) is 5.30. The zero-order valence-corrected chi connectivity index (χ0v) is 13.7. The Morgan fingerprint density at radius 3 is 1.92 bits per heavy atom. The van der Waals surface area contributed by atoms with Crippen molar-refractivity contribution in [2.45, 2.75) is 11.4 Å². The second kappa shape index (κ2) is 6.76. The first-order valence-corrected chi connectivity index (χ1v) is 8.93. The predicted molar refractivity (Wildman–Crippen MR) is 94.4 cm³/mol. The van der Waals surface area contributed by atoms with Crippen molar-refractivity contribution in [1.29, 1.82) is 0 Å². The Labute approximate surface area is 141 Å². The minimum absolute atomic E-state index is 0.0760. The minimum atomic E-state index is -3.80. The van der Waals surface area contributed by atoms with E-state index in [1.807, 2.05) is 30.3 Å². The normalized spacial score (nSPS) is 11.2. The first kappa shape index (κ1) is 16.1. The van der Waals surface area contributed by atoms with Crippen LogP contribution in [-0.2, 0) is 16.6 Å². The highest BCUT2D eigenvalue weighted by molar-refractivity contribution is 7.92. The molecule has 1 N–H and O–H groups in total. The van der Waals surface area contributed by atoms with Crippen molar-refractivity contribution in [1.82, 2.24) is 0 Å². The van der Waals surface area contributed by atoms with Crippen LogP contribution in [0.15, 0.2) is 89.8 Å². The Morgan fingerprint density at radius 1 is 0.750 bits per heavy atom. The first-order chi connectivity index (χ1) is 11.6. The Balaban J connectivity index is 2.10. The average molecular weight is 339 g/mol. The van der Waals surface area contributed by atoms with Crippen LogP contribution >= 0.6 is 0 Å². The number of aromatic hydroxyl groups is 1. The van der Waals surface area contributed by atoms with Crippen LogP contribution in [0, 0.1) is 0 Å². The van der Waals surface area contributed by atoms with E-state index in [-0.39, 0.29) is 22.9 Å². The third kappa shape index (κ3) is 3.26. The highest BCUT2D eigenvalue weighted by Crippen LogP contribution is 2.32. The Bertz CT molecular complexity index is 910. The van der Waals surface area contributed by atoms with Crippen molar-refractivity contribution in [2.24, 2.45) is 0 Å². The molecular formula is C19H17NO3S. The molecule has 0 atom stereocenters. The SMILES string of the molecule is O=S(=O)(c1ccccc1)N(Cc1ccccc1)c1ccccc1O. The van der Waals surface area contributed by atoms with Crippen molar-refractivity contribution in [3.8, 4) is 5.75 Å². The number of benzene rings is 3. The molecule has 0 spiro atoms. The maximum absolute atomic E-state index is 13.1. The number of nitrogens with zero attached hydrogens (tertiary/aromatic N) is 1. The molecule has 0 amide bonds. The molecule has 3 rings (SSSR count). The number of hydrogen-bond acceptors (Lipinski definition) is 3. The monoisotopic (exact) mass is 339 g/mol. The molecule has 3 aromatic carbocycles. The Kier molecular flexibility index (Phi) is 4.53. The molecule has 0 radical (unpaired) electrons. The van der Waals surface area contributed by atoms with E-state index in [0.29, 0.717) is 0 Å². The van der Waals surface area contributed by atoms with Gasteiger partial charge >= 0.3 is 0 Å². The molecule has 0 saturated heterocycles. The Morgan fingerprint density at radius 2 is 1.29 bits per heavy atom. The fraction of sp³-hybridized carbons (Fsp3) is 0.0526. The van der Waals surface area contributed by atoms with Crippen molar-refractivity contribution in [3.05, 3.63) is 90.5 Å². The summed E-state index contributed by atoms with van der Waals surface area (Å²) in [7, 11) is -3.80. The summed E-state index contributed by atoms with van der Waals surface area (Å²) in [6.07, 6.45) is 0. The number of hydrogen-bond donors (Lipinski definition) is 1. The van der Waals surface area contributed by atoms with Crippen LogP contribution in [0.4, 0.5) is 5.69 Å². The average Bonchev–Trinajstić information content (AvgIpc) is 2.62. The van der Waals surface area contributed by atoms with Crippen LogP contribution in [-0.4, -0.2) is 13.5 Å². The van der Waals surface area contributed by atoms with E-state index in [2.05, 4.69) is 0 Å². The van der Waals surface area contributed by atoms with Crippen molar-refractivity contribution >= 4 is 15.7 Å². The fourth-order valence-corrected chi connectivity index (χ4v) is 3.93.